The van der Waals surface area contributed by atoms with E-state index >= 15 is 0 Å². The molecule has 0 aliphatic heterocycles. The Morgan fingerprint density at radius 3 is 2.68 bits per heavy atom. The van der Waals surface area contributed by atoms with Crippen molar-refractivity contribution >= 4 is 11.6 Å². The highest BCUT2D eigenvalue weighted by atomic mass is 35.5. The Bertz CT molecular complexity index is 490. The standard InChI is InChI=1S/C14H16ClN3O/c1-19-8-7-18(6-2-5-16)11-13-4-3-12(10-17)9-14(13)15/h3-4,9H,2,6-8,11H2,1H3. The summed E-state index contributed by atoms with van der Waals surface area (Å²) in [6.45, 7) is 2.68. The zero-order valence-electron chi connectivity index (χ0n) is 10.9. The second-order valence-corrected chi connectivity index (χ2v) is 4.50. The molecule has 0 bridgehead atoms. The van der Waals surface area contributed by atoms with Crippen molar-refractivity contribution in [3.05, 3.63) is 34.3 Å². The van der Waals surface area contributed by atoms with Gasteiger partial charge in [0.2, 0.25) is 0 Å². The maximum absolute atomic E-state index is 8.80. The Balaban J connectivity index is 2.72. The summed E-state index contributed by atoms with van der Waals surface area (Å²) in [6.07, 6.45) is 0.470. The maximum atomic E-state index is 8.80. The molecule has 0 amide bonds. The molecule has 0 fully saturated rings. The molecule has 100 valence electrons. The number of methoxy groups -OCH3 is 1. The molecule has 0 radical (unpaired) electrons. The average molecular weight is 278 g/mol. The predicted molar refractivity (Wildman–Crippen MR) is 73.6 cm³/mol. The lowest BCUT2D eigenvalue weighted by molar-refractivity contribution is 0.145. The van der Waals surface area contributed by atoms with Gasteiger partial charge in [0.05, 0.1) is 24.3 Å². The summed E-state index contributed by atoms with van der Waals surface area (Å²) in [5.74, 6) is 0. The first-order valence-electron chi connectivity index (χ1n) is 5.98. The van der Waals surface area contributed by atoms with E-state index in [4.69, 9.17) is 26.9 Å². The van der Waals surface area contributed by atoms with E-state index < -0.39 is 0 Å². The van der Waals surface area contributed by atoms with Gasteiger partial charge in [0.1, 0.15) is 0 Å². The normalized spacial score (nSPS) is 10.2. The predicted octanol–water partition coefficient (Wildman–Crippen LogP) is 2.57. The Kier molecular flexibility index (Phi) is 6.92. The summed E-state index contributed by atoms with van der Waals surface area (Å²) in [7, 11) is 1.65. The zero-order valence-corrected chi connectivity index (χ0v) is 11.7. The number of nitriles is 2. The lowest BCUT2D eigenvalue weighted by Gasteiger charge is -2.21. The number of hydrogen-bond donors (Lipinski definition) is 0. The van der Waals surface area contributed by atoms with Gasteiger partial charge in [0.15, 0.2) is 0 Å². The van der Waals surface area contributed by atoms with Crippen molar-refractivity contribution in [2.75, 3.05) is 26.8 Å². The second kappa shape index (κ2) is 8.50. The third-order valence-electron chi connectivity index (χ3n) is 2.73. The van der Waals surface area contributed by atoms with E-state index in [1.165, 1.54) is 0 Å². The number of halogens is 1. The molecular weight excluding hydrogens is 262 g/mol. The molecule has 0 N–H and O–H groups in total. The first-order valence-corrected chi connectivity index (χ1v) is 6.35. The summed E-state index contributed by atoms with van der Waals surface area (Å²) in [4.78, 5) is 2.11. The fraction of sp³-hybridized carbons (Fsp3) is 0.429. The van der Waals surface area contributed by atoms with Gasteiger partial charge < -0.3 is 4.74 Å². The number of benzene rings is 1. The van der Waals surface area contributed by atoms with Crippen LogP contribution in [0.15, 0.2) is 18.2 Å². The Morgan fingerprint density at radius 2 is 2.11 bits per heavy atom. The minimum atomic E-state index is 0.470. The van der Waals surface area contributed by atoms with Crippen LogP contribution < -0.4 is 0 Å². The molecule has 4 nitrogen and oxygen atoms in total. The maximum Gasteiger partial charge on any atom is 0.0992 e. The Labute approximate surface area is 118 Å². The molecule has 0 aliphatic rings. The van der Waals surface area contributed by atoms with Crippen LogP contribution in [0.4, 0.5) is 0 Å². The van der Waals surface area contributed by atoms with E-state index in [0.29, 0.717) is 36.7 Å². The second-order valence-electron chi connectivity index (χ2n) is 4.10. The van der Waals surface area contributed by atoms with Gasteiger partial charge in [0, 0.05) is 38.2 Å². The van der Waals surface area contributed by atoms with Crippen LogP contribution in [0.25, 0.3) is 0 Å². The van der Waals surface area contributed by atoms with Crippen LogP contribution in [0.5, 0.6) is 0 Å². The van der Waals surface area contributed by atoms with Crippen molar-refractivity contribution in [1.82, 2.24) is 4.90 Å². The van der Waals surface area contributed by atoms with Gasteiger partial charge in [0.25, 0.3) is 0 Å². The molecule has 19 heavy (non-hydrogen) atoms. The SMILES string of the molecule is COCCN(CCC#N)Cc1ccc(C#N)cc1Cl. The van der Waals surface area contributed by atoms with Crippen LogP contribution in [-0.4, -0.2) is 31.7 Å². The topological polar surface area (TPSA) is 60.0 Å². The van der Waals surface area contributed by atoms with Crippen molar-refractivity contribution < 1.29 is 4.74 Å². The largest absolute Gasteiger partial charge is 0.383 e. The molecule has 1 rings (SSSR count). The molecule has 0 saturated carbocycles. The average Bonchev–Trinajstić information content (AvgIpc) is 2.43. The van der Waals surface area contributed by atoms with Crippen molar-refractivity contribution in [3.8, 4) is 12.1 Å². The first kappa shape index (κ1) is 15.5. The third kappa shape index (κ3) is 5.28. The van der Waals surface area contributed by atoms with E-state index in [1.807, 2.05) is 6.07 Å². The van der Waals surface area contributed by atoms with Gasteiger partial charge in [-0.2, -0.15) is 10.5 Å². The van der Waals surface area contributed by atoms with Crippen LogP contribution in [0.2, 0.25) is 5.02 Å². The van der Waals surface area contributed by atoms with Crippen molar-refractivity contribution in [3.63, 3.8) is 0 Å². The van der Waals surface area contributed by atoms with Crippen LogP contribution in [-0.2, 0) is 11.3 Å². The summed E-state index contributed by atoms with van der Waals surface area (Å²) < 4.78 is 5.06. The smallest absolute Gasteiger partial charge is 0.0992 e. The van der Waals surface area contributed by atoms with Gasteiger partial charge in [-0.1, -0.05) is 17.7 Å². The highest BCUT2D eigenvalue weighted by molar-refractivity contribution is 6.31. The molecule has 1 aromatic carbocycles. The highest BCUT2D eigenvalue weighted by Crippen LogP contribution is 2.19. The van der Waals surface area contributed by atoms with Gasteiger partial charge in [-0.25, -0.2) is 0 Å². The molecule has 1 aromatic rings. The number of ether oxygens (including phenoxy) is 1. The van der Waals surface area contributed by atoms with Crippen molar-refractivity contribution in [1.29, 1.82) is 10.5 Å². The zero-order chi connectivity index (χ0) is 14.1. The third-order valence-corrected chi connectivity index (χ3v) is 3.08. The summed E-state index contributed by atoms with van der Waals surface area (Å²) in [5, 5.41) is 18.0. The molecular formula is C14H16ClN3O. The lowest BCUT2D eigenvalue weighted by atomic mass is 10.1. The monoisotopic (exact) mass is 277 g/mol. The Hall–Kier alpha value is -1.59. The number of rotatable bonds is 7. The highest BCUT2D eigenvalue weighted by Gasteiger charge is 2.09. The molecule has 0 atom stereocenters. The lowest BCUT2D eigenvalue weighted by Crippen LogP contribution is -2.28. The number of nitrogens with zero attached hydrogens (tertiary/aromatic N) is 3. The molecule has 0 unspecified atom stereocenters. The van der Waals surface area contributed by atoms with E-state index in [2.05, 4.69) is 17.0 Å². The molecule has 0 heterocycles. The fourth-order valence-corrected chi connectivity index (χ4v) is 1.92. The summed E-state index contributed by atoms with van der Waals surface area (Å²) in [5.41, 5.74) is 1.50. The minimum Gasteiger partial charge on any atom is -0.383 e. The summed E-state index contributed by atoms with van der Waals surface area (Å²) in [6, 6.07) is 9.46. The van der Waals surface area contributed by atoms with Gasteiger partial charge in [-0.3, -0.25) is 4.90 Å². The van der Waals surface area contributed by atoms with Crippen LogP contribution in [0, 0.1) is 22.7 Å². The van der Waals surface area contributed by atoms with Gasteiger partial charge in [-0.15, -0.1) is 0 Å². The minimum absolute atomic E-state index is 0.470. The van der Waals surface area contributed by atoms with Crippen molar-refractivity contribution in [2.24, 2.45) is 0 Å². The van der Waals surface area contributed by atoms with Crippen molar-refractivity contribution in [2.45, 2.75) is 13.0 Å². The number of hydrogen-bond acceptors (Lipinski definition) is 4. The molecule has 0 saturated heterocycles. The van der Waals surface area contributed by atoms with Crippen LogP contribution in [0.1, 0.15) is 17.5 Å². The molecule has 0 aromatic heterocycles. The molecule has 5 heteroatoms. The molecule has 0 aliphatic carbocycles. The van der Waals surface area contributed by atoms with Crippen LogP contribution >= 0.6 is 11.6 Å². The Morgan fingerprint density at radius 1 is 1.32 bits per heavy atom. The van der Waals surface area contributed by atoms with E-state index in [1.54, 1.807) is 19.2 Å². The fourth-order valence-electron chi connectivity index (χ4n) is 1.68. The van der Waals surface area contributed by atoms with Gasteiger partial charge >= 0.3 is 0 Å². The van der Waals surface area contributed by atoms with Crippen LogP contribution in [0.3, 0.4) is 0 Å². The molecule has 0 spiro atoms. The summed E-state index contributed by atoms with van der Waals surface area (Å²) >= 11 is 6.15. The van der Waals surface area contributed by atoms with E-state index in [-0.39, 0.29) is 0 Å². The van der Waals surface area contributed by atoms with E-state index in [9.17, 15) is 0 Å². The first-order chi connectivity index (χ1) is 9.21. The van der Waals surface area contributed by atoms with E-state index in [0.717, 1.165) is 12.1 Å². The van der Waals surface area contributed by atoms with Gasteiger partial charge in [-0.05, 0) is 17.7 Å². The quantitative estimate of drug-likeness (QED) is 0.768.